The minimum Gasteiger partial charge on any atom is -0.360 e. The Labute approximate surface area is 145 Å². The third-order valence-corrected chi connectivity index (χ3v) is 4.92. The number of hydrogen-bond donors (Lipinski definition) is 1. The first-order valence-electron chi connectivity index (χ1n) is 8.23. The molecular weight excluding hydrogens is 326 g/mol. The maximum absolute atomic E-state index is 12.5. The Morgan fingerprint density at radius 1 is 1.42 bits per heavy atom. The molecule has 1 aliphatic heterocycles. The fraction of sp³-hybridized carbons (Fsp3) is 0.562. The third-order valence-electron chi connectivity index (χ3n) is 4.29. The van der Waals surface area contributed by atoms with Crippen molar-refractivity contribution >= 4 is 23.1 Å². The maximum Gasteiger partial charge on any atom is 0.242 e. The summed E-state index contributed by atoms with van der Waals surface area (Å²) in [6, 6.07) is 1.60. The summed E-state index contributed by atoms with van der Waals surface area (Å²) in [4.78, 5) is 21.5. The van der Waals surface area contributed by atoms with Crippen molar-refractivity contribution in [3.05, 3.63) is 28.4 Å². The normalized spacial score (nSPS) is 17.8. The molecule has 1 N–H and O–H groups in total. The molecule has 0 saturated carbocycles. The fourth-order valence-electron chi connectivity index (χ4n) is 3.02. The predicted octanol–water partition coefficient (Wildman–Crippen LogP) is 1.97. The van der Waals surface area contributed by atoms with E-state index in [9.17, 15) is 4.79 Å². The van der Waals surface area contributed by atoms with Gasteiger partial charge in [0.05, 0.1) is 17.2 Å². The predicted molar refractivity (Wildman–Crippen MR) is 92.9 cm³/mol. The lowest BCUT2D eigenvalue weighted by Gasteiger charge is -2.38. The van der Waals surface area contributed by atoms with Crippen LogP contribution >= 0.6 is 11.3 Å². The molecular formula is C16H23N5O2S. The van der Waals surface area contributed by atoms with E-state index in [1.165, 1.54) is 0 Å². The van der Waals surface area contributed by atoms with Gasteiger partial charge in [0.15, 0.2) is 5.82 Å². The van der Waals surface area contributed by atoms with Crippen LogP contribution in [0.25, 0.3) is 0 Å². The van der Waals surface area contributed by atoms with Crippen molar-refractivity contribution in [1.29, 1.82) is 0 Å². The molecule has 0 aromatic carbocycles. The van der Waals surface area contributed by atoms with Gasteiger partial charge in [0.1, 0.15) is 5.76 Å². The second kappa shape index (κ2) is 7.87. The lowest BCUT2D eigenvalue weighted by Crippen LogP contribution is -2.53. The van der Waals surface area contributed by atoms with Gasteiger partial charge in [-0.1, -0.05) is 12.1 Å². The number of piperazine rings is 1. The summed E-state index contributed by atoms with van der Waals surface area (Å²) in [7, 11) is 0. The van der Waals surface area contributed by atoms with Gasteiger partial charge >= 0.3 is 0 Å². The molecule has 24 heavy (non-hydrogen) atoms. The minimum atomic E-state index is -0.136. The number of carbonyl (C=O) groups is 1. The van der Waals surface area contributed by atoms with E-state index in [0.717, 1.165) is 44.8 Å². The number of aryl methyl sites for hydroxylation is 1. The molecule has 8 heteroatoms. The van der Waals surface area contributed by atoms with Crippen molar-refractivity contribution in [3.63, 3.8) is 0 Å². The number of anilines is 1. The Kier molecular flexibility index (Phi) is 5.60. The number of carbonyl (C=O) groups excluding carboxylic acids is 1. The second-order valence-electron chi connectivity index (χ2n) is 6.03. The van der Waals surface area contributed by atoms with Crippen LogP contribution in [0.3, 0.4) is 0 Å². The first kappa shape index (κ1) is 17.1. The van der Waals surface area contributed by atoms with Gasteiger partial charge in [-0.3, -0.25) is 14.6 Å². The van der Waals surface area contributed by atoms with Crippen LogP contribution in [0.4, 0.5) is 5.82 Å². The van der Waals surface area contributed by atoms with Crippen molar-refractivity contribution in [2.24, 2.45) is 0 Å². The van der Waals surface area contributed by atoms with E-state index < -0.39 is 0 Å². The van der Waals surface area contributed by atoms with Gasteiger partial charge in [0.25, 0.3) is 0 Å². The quantitative estimate of drug-likeness (QED) is 0.859. The number of nitrogens with zero attached hydrogens (tertiary/aromatic N) is 4. The molecule has 2 aromatic rings. The van der Waals surface area contributed by atoms with Gasteiger partial charge in [0, 0.05) is 44.2 Å². The average molecular weight is 349 g/mol. The van der Waals surface area contributed by atoms with Crippen molar-refractivity contribution < 1.29 is 9.32 Å². The molecule has 1 aliphatic rings. The molecule has 130 valence electrons. The largest absolute Gasteiger partial charge is 0.360 e. The van der Waals surface area contributed by atoms with E-state index in [1.807, 2.05) is 19.4 Å². The van der Waals surface area contributed by atoms with E-state index in [0.29, 0.717) is 11.6 Å². The van der Waals surface area contributed by atoms with Crippen LogP contribution in [0.2, 0.25) is 0 Å². The van der Waals surface area contributed by atoms with Gasteiger partial charge in [-0.2, -0.15) is 0 Å². The molecule has 0 radical (unpaired) electrons. The smallest absolute Gasteiger partial charge is 0.242 e. The average Bonchev–Trinajstić information content (AvgIpc) is 3.22. The molecule has 1 saturated heterocycles. The van der Waals surface area contributed by atoms with Crippen molar-refractivity contribution in [1.82, 2.24) is 19.9 Å². The van der Waals surface area contributed by atoms with Crippen LogP contribution in [0.15, 0.2) is 21.5 Å². The van der Waals surface area contributed by atoms with E-state index in [4.69, 9.17) is 4.52 Å². The molecule has 1 fully saturated rings. The molecule has 2 aromatic heterocycles. The molecule has 1 amide bonds. The van der Waals surface area contributed by atoms with E-state index in [-0.39, 0.29) is 11.9 Å². The molecule has 0 bridgehead atoms. The Hall–Kier alpha value is -1.77. The summed E-state index contributed by atoms with van der Waals surface area (Å²) in [6.45, 7) is 8.40. The van der Waals surface area contributed by atoms with Crippen molar-refractivity contribution in [2.45, 2.75) is 32.9 Å². The Morgan fingerprint density at radius 2 is 2.21 bits per heavy atom. The Balaban J connectivity index is 1.52. The van der Waals surface area contributed by atoms with Crippen LogP contribution in [0, 0.1) is 6.92 Å². The van der Waals surface area contributed by atoms with Gasteiger partial charge in [-0.05, 0) is 13.3 Å². The third kappa shape index (κ3) is 4.19. The molecule has 7 nitrogen and oxygen atoms in total. The number of aromatic nitrogens is 2. The molecule has 3 rings (SSSR count). The zero-order valence-corrected chi connectivity index (χ0v) is 14.9. The van der Waals surface area contributed by atoms with Crippen LogP contribution in [-0.2, 0) is 11.3 Å². The lowest BCUT2D eigenvalue weighted by molar-refractivity contribution is -0.122. The lowest BCUT2D eigenvalue weighted by atomic mass is 10.1. The Bertz CT molecular complexity index is 649. The van der Waals surface area contributed by atoms with Crippen LogP contribution in [-0.4, -0.2) is 58.1 Å². The number of hydrogen-bond acceptors (Lipinski definition) is 7. The Morgan fingerprint density at radius 3 is 2.79 bits per heavy atom. The standard InChI is InChI=1S/C16H23N5O2S/c1-3-14(16(22)18-15-8-12(2)23-19-15)21-6-4-20(5-7-21)9-13-10-24-11-17-13/h8,10-11,14H,3-7,9H2,1-2H3,(H,18,19,22)/t14-/m1/s1. The zero-order chi connectivity index (χ0) is 16.9. The number of rotatable bonds is 6. The number of nitrogens with one attached hydrogen (secondary N) is 1. The summed E-state index contributed by atoms with van der Waals surface area (Å²) in [6.07, 6.45) is 0.773. The second-order valence-corrected chi connectivity index (χ2v) is 6.75. The van der Waals surface area contributed by atoms with E-state index in [1.54, 1.807) is 17.4 Å². The highest BCUT2D eigenvalue weighted by atomic mass is 32.1. The molecule has 0 unspecified atom stereocenters. The fourth-order valence-corrected chi connectivity index (χ4v) is 3.57. The maximum atomic E-state index is 12.5. The summed E-state index contributed by atoms with van der Waals surface area (Å²) in [5.41, 5.74) is 2.99. The summed E-state index contributed by atoms with van der Waals surface area (Å²) >= 11 is 1.63. The minimum absolute atomic E-state index is 0.0150. The van der Waals surface area contributed by atoms with Gasteiger partial charge in [-0.15, -0.1) is 11.3 Å². The first-order valence-corrected chi connectivity index (χ1v) is 9.17. The van der Waals surface area contributed by atoms with Gasteiger partial charge in [0.2, 0.25) is 5.91 Å². The molecule has 0 spiro atoms. The highest BCUT2D eigenvalue weighted by Gasteiger charge is 2.28. The molecule has 3 heterocycles. The molecule has 0 aliphatic carbocycles. The highest BCUT2D eigenvalue weighted by molar-refractivity contribution is 7.07. The van der Waals surface area contributed by atoms with Crippen molar-refractivity contribution in [2.75, 3.05) is 31.5 Å². The summed E-state index contributed by atoms with van der Waals surface area (Å²) in [5, 5.41) is 8.77. The molecule has 1 atom stereocenters. The number of amides is 1. The summed E-state index contributed by atoms with van der Waals surface area (Å²) < 4.78 is 5.00. The van der Waals surface area contributed by atoms with Gasteiger partial charge in [-0.25, -0.2) is 4.98 Å². The topological polar surface area (TPSA) is 74.5 Å². The SMILES string of the molecule is CC[C@H](C(=O)Nc1cc(C)on1)N1CCN(Cc2cscn2)CC1. The number of thiazole rings is 1. The van der Waals surface area contributed by atoms with Crippen LogP contribution in [0.5, 0.6) is 0 Å². The first-order chi connectivity index (χ1) is 11.7. The van der Waals surface area contributed by atoms with Crippen molar-refractivity contribution in [3.8, 4) is 0 Å². The zero-order valence-electron chi connectivity index (χ0n) is 14.1. The van der Waals surface area contributed by atoms with Gasteiger partial charge < -0.3 is 9.84 Å². The highest BCUT2D eigenvalue weighted by Crippen LogP contribution is 2.15. The van der Waals surface area contributed by atoms with Crippen LogP contribution < -0.4 is 5.32 Å². The monoisotopic (exact) mass is 349 g/mol. The summed E-state index contributed by atoms with van der Waals surface area (Å²) in [5.74, 6) is 1.16. The van der Waals surface area contributed by atoms with Crippen LogP contribution in [0.1, 0.15) is 24.8 Å². The van der Waals surface area contributed by atoms with E-state index in [2.05, 4.69) is 30.6 Å². The van der Waals surface area contributed by atoms with E-state index >= 15 is 0 Å².